The van der Waals surface area contributed by atoms with Gasteiger partial charge in [0.05, 0.1) is 12.3 Å². The minimum atomic E-state index is -3.29. The number of carbonyl (C=O) groups is 1. The largest absolute Gasteiger partial charge is 0.354 e. The number of amides is 1. The van der Waals surface area contributed by atoms with Gasteiger partial charge < -0.3 is 10.6 Å². The van der Waals surface area contributed by atoms with Crippen LogP contribution in [-0.2, 0) is 14.8 Å². The van der Waals surface area contributed by atoms with E-state index in [1.54, 1.807) is 6.92 Å². The number of halogens is 1. The number of piperidine rings is 1. The molecule has 0 aromatic rings. The fourth-order valence-corrected chi connectivity index (χ4v) is 2.85. The second kappa shape index (κ2) is 8.17. The molecule has 1 heterocycles. The Hall–Kier alpha value is -0.370. The third-order valence-electron chi connectivity index (χ3n) is 3.73. The quantitative estimate of drug-likeness (QED) is 0.730. The molecule has 0 aromatic heterocycles. The monoisotopic (exact) mass is 327 g/mol. The van der Waals surface area contributed by atoms with Crippen LogP contribution >= 0.6 is 12.4 Å². The van der Waals surface area contributed by atoms with Gasteiger partial charge in [0.25, 0.3) is 0 Å². The van der Waals surface area contributed by atoms with Crippen LogP contribution in [0.15, 0.2) is 0 Å². The molecule has 1 rings (SSSR count). The summed E-state index contributed by atoms with van der Waals surface area (Å²) in [6, 6.07) is 0. The fraction of sp³-hybridized carbons (Fsp3) is 0.917. The Kier molecular flexibility index (Phi) is 8.01. The Bertz CT molecular complexity index is 408. The number of hydrogen-bond donors (Lipinski definition) is 2. The van der Waals surface area contributed by atoms with Gasteiger partial charge in [-0.2, -0.15) is 4.31 Å². The van der Waals surface area contributed by atoms with Crippen LogP contribution in [0.5, 0.6) is 0 Å². The Labute approximate surface area is 128 Å². The van der Waals surface area contributed by atoms with Crippen molar-refractivity contribution < 1.29 is 13.2 Å². The summed E-state index contributed by atoms with van der Waals surface area (Å²) in [6.45, 7) is 6.16. The molecule has 1 saturated heterocycles. The SMILES string of the molecule is CCS(=O)(=O)N(C)CC(=O)NCC1(C)CCNCC1.Cl. The van der Waals surface area contributed by atoms with Crippen molar-refractivity contribution in [2.75, 3.05) is 39.0 Å². The summed E-state index contributed by atoms with van der Waals surface area (Å²) in [4.78, 5) is 11.8. The predicted molar refractivity (Wildman–Crippen MR) is 82.6 cm³/mol. The molecule has 0 aliphatic carbocycles. The third kappa shape index (κ3) is 5.95. The molecule has 6 nitrogen and oxygen atoms in total. The number of hydrogen-bond acceptors (Lipinski definition) is 4. The highest BCUT2D eigenvalue weighted by atomic mass is 35.5. The summed E-state index contributed by atoms with van der Waals surface area (Å²) in [5, 5.41) is 6.13. The highest BCUT2D eigenvalue weighted by molar-refractivity contribution is 7.89. The molecule has 0 atom stereocenters. The number of nitrogens with zero attached hydrogens (tertiary/aromatic N) is 1. The van der Waals surface area contributed by atoms with Crippen molar-refractivity contribution in [2.24, 2.45) is 5.41 Å². The van der Waals surface area contributed by atoms with Crippen molar-refractivity contribution in [1.29, 1.82) is 0 Å². The van der Waals surface area contributed by atoms with E-state index in [0.29, 0.717) is 6.54 Å². The second-order valence-corrected chi connectivity index (χ2v) is 7.86. The maximum Gasteiger partial charge on any atom is 0.235 e. The second-order valence-electron chi connectivity index (χ2n) is 5.49. The number of likely N-dealkylation sites (N-methyl/N-ethyl adjacent to an activating group) is 1. The lowest BCUT2D eigenvalue weighted by molar-refractivity contribution is -0.121. The minimum Gasteiger partial charge on any atom is -0.354 e. The van der Waals surface area contributed by atoms with Gasteiger partial charge in [-0.3, -0.25) is 4.79 Å². The molecule has 0 aromatic carbocycles. The zero-order valence-corrected chi connectivity index (χ0v) is 14.1. The maximum absolute atomic E-state index is 11.8. The van der Waals surface area contributed by atoms with E-state index in [2.05, 4.69) is 17.6 Å². The van der Waals surface area contributed by atoms with Gasteiger partial charge in [0.1, 0.15) is 0 Å². The van der Waals surface area contributed by atoms with E-state index in [4.69, 9.17) is 0 Å². The first-order valence-corrected chi connectivity index (χ1v) is 8.31. The Morgan fingerprint density at radius 3 is 2.40 bits per heavy atom. The van der Waals surface area contributed by atoms with E-state index >= 15 is 0 Å². The van der Waals surface area contributed by atoms with E-state index < -0.39 is 10.0 Å². The topological polar surface area (TPSA) is 78.5 Å². The molecule has 0 saturated carbocycles. The van der Waals surface area contributed by atoms with E-state index in [1.807, 2.05) is 0 Å². The molecule has 1 aliphatic heterocycles. The van der Waals surface area contributed by atoms with Crippen LogP contribution in [0.4, 0.5) is 0 Å². The van der Waals surface area contributed by atoms with Crippen molar-refractivity contribution in [3.05, 3.63) is 0 Å². The summed E-state index contributed by atoms with van der Waals surface area (Å²) in [5.74, 6) is -0.223. The lowest BCUT2D eigenvalue weighted by Crippen LogP contribution is -2.45. The molecule has 120 valence electrons. The average molecular weight is 328 g/mol. The first-order valence-electron chi connectivity index (χ1n) is 6.70. The summed E-state index contributed by atoms with van der Waals surface area (Å²) < 4.78 is 24.2. The summed E-state index contributed by atoms with van der Waals surface area (Å²) >= 11 is 0. The van der Waals surface area contributed by atoms with Crippen LogP contribution in [0, 0.1) is 5.41 Å². The van der Waals surface area contributed by atoms with Crippen molar-refractivity contribution in [3.8, 4) is 0 Å². The summed E-state index contributed by atoms with van der Waals surface area (Å²) in [7, 11) is -1.85. The molecular weight excluding hydrogens is 302 g/mol. The van der Waals surface area contributed by atoms with Crippen molar-refractivity contribution in [3.63, 3.8) is 0 Å². The number of rotatable bonds is 6. The van der Waals surface area contributed by atoms with Crippen molar-refractivity contribution in [2.45, 2.75) is 26.7 Å². The zero-order chi connectivity index (χ0) is 14.5. The lowest BCUT2D eigenvalue weighted by atomic mass is 9.81. The van der Waals surface area contributed by atoms with Crippen LogP contribution in [0.3, 0.4) is 0 Å². The maximum atomic E-state index is 11.8. The fourth-order valence-electron chi connectivity index (χ4n) is 2.10. The summed E-state index contributed by atoms with van der Waals surface area (Å²) in [5.41, 5.74) is 0.114. The van der Waals surface area contributed by atoms with Crippen LogP contribution in [0.25, 0.3) is 0 Å². The molecule has 2 N–H and O–H groups in total. The summed E-state index contributed by atoms with van der Waals surface area (Å²) in [6.07, 6.45) is 2.05. The van der Waals surface area contributed by atoms with E-state index in [0.717, 1.165) is 30.2 Å². The standard InChI is InChI=1S/C12H25N3O3S.ClH/c1-4-19(17,18)15(3)9-11(16)14-10-12(2)5-7-13-8-6-12;/h13H,4-10H2,1-3H3,(H,14,16);1H. The number of carbonyl (C=O) groups excluding carboxylic acids is 1. The normalized spacial score (nSPS) is 18.4. The van der Waals surface area contributed by atoms with E-state index in [1.165, 1.54) is 7.05 Å². The van der Waals surface area contributed by atoms with Gasteiger partial charge >= 0.3 is 0 Å². The smallest absolute Gasteiger partial charge is 0.235 e. The van der Waals surface area contributed by atoms with Gasteiger partial charge in [0, 0.05) is 13.6 Å². The van der Waals surface area contributed by atoms with Gasteiger partial charge in [-0.05, 0) is 38.3 Å². The van der Waals surface area contributed by atoms with Crippen LogP contribution in [-0.4, -0.2) is 57.6 Å². The van der Waals surface area contributed by atoms with Crippen LogP contribution < -0.4 is 10.6 Å². The molecule has 0 bridgehead atoms. The highest BCUT2D eigenvalue weighted by Crippen LogP contribution is 2.26. The van der Waals surface area contributed by atoms with Gasteiger partial charge in [-0.1, -0.05) is 6.92 Å². The number of nitrogens with one attached hydrogen (secondary N) is 2. The molecule has 1 amide bonds. The third-order valence-corrected chi connectivity index (χ3v) is 5.54. The molecule has 8 heteroatoms. The molecular formula is C12H26ClN3O3S. The lowest BCUT2D eigenvalue weighted by Gasteiger charge is -2.34. The first-order chi connectivity index (χ1) is 8.79. The van der Waals surface area contributed by atoms with Crippen LogP contribution in [0.1, 0.15) is 26.7 Å². The van der Waals surface area contributed by atoms with Crippen molar-refractivity contribution >= 4 is 28.3 Å². The van der Waals surface area contributed by atoms with Crippen molar-refractivity contribution in [1.82, 2.24) is 14.9 Å². The predicted octanol–water partition coefficient (Wildman–Crippen LogP) is 0.196. The van der Waals surface area contributed by atoms with E-state index in [-0.39, 0.29) is 36.0 Å². The molecule has 0 radical (unpaired) electrons. The van der Waals surface area contributed by atoms with Gasteiger partial charge in [-0.15, -0.1) is 12.4 Å². The van der Waals surface area contributed by atoms with Gasteiger partial charge in [0.15, 0.2) is 0 Å². The Balaban J connectivity index is 0.00000361. The number of sulfonamides is 1. The Morgan fingerprint density at radius 2 is 1.90 bits per heavy atom. The Morgan fingerprint density at radius 1 is 1.35 bits per heavy atom. The highest BCUT2D eigenvalue weighted by Gasteiger charge is 2.27. The van der Waals surface area contributed by atoms with Crippen LogP contribution in [0.2, 0.25) is 0 Å². The molecule has 0 spiro atoms. The molecule has 20 heavy (non-hydrogen) atoms. The van der Waals surface area contributed by atoms with E-state index in [9.17, 15) is 13.2 Å². The zero-order valence-electron chi connectivity index (χ0n) is 12.4. The molecule has 1 fully saturated rings. The first kappa shape index (κ1) is 19.6. The minimum absolute atomic E-state index is 0. The average Bonchev–Trinajstić information content (AvgIpc) is 2.37. The molecule has 1 aliphatic rings. The molecule has 0 unspecified atom stereocenters. The van der Waals surface area contributed by atoms with Gasteiger partial charge in [0.2, 0.25) is 15.9 Å². The van der Waals surface area contributed by atoms with Gasteiger partial charge in [-0.25, -0.2) is 8.42 Å².